The Hall–Kier alpha value is -3.02. The van der Waals surface area contributed by atoms with Crippen LogP contribution in [0.3, 0.4) is 0 Å². The van der Waals surface area contributed by atoms with E-state index in [2.05, 4.69) is 31.1 Å². The number of hydrogen-bond acceptors (Lipinski definition) is 6. The van der Waals surface area contributed by atoms with E-state index in [9.17, 15) is 4.79 Å². The Bertz CT molecular complexity index is 1030. The Labute approximate surface area is 260 Å². The van der Waals surface area contributed by atoms with Gasteiger partial charge in [-0.1, -0.05) is 96.1 Å². The molecule has 0 amide bonds. The van der Waals surface area contributed by atoms with Crippen LogP contribution in [-0.2, 0) is 9.57 Å². The molecule has 1 atom stereocenters. The lowest BCUT2D eigenvalue weighted by Gasteiger charge is -2.10. The quantitative estimate of drug-likeness (QED) is 0.0895. The maximum atomic E-state index is 12.5. The molecule has 43 heavy (non-hydrogen) atoms. The average molecular weight is 594 g/mol. The summed E-state index contributed by atoms with van der Waals surface area (Å²) in [6.07, 6.45) is 20.1. The van der Waals surface area contributed by atoms with Gasteiger partial charge in [0.2, 0.25) is 0 Å². The second-order valence-corrected chi connectivity index (χ2v) is 11.7. The highest BCUT2D eigenvalue weighted by atomic mass is 16.6. The van der Waals surface area contributed by atoms with Crippen molar-refractivity contribution in [2.24, 2.45) is 5.16 Å². The van der Waals surface area contributed by atoms with Crippen molar-refractivity contribution in [1.82, 2.24) is 0 Å². The molecule has 2 aromatic rings. The van der Waals surface area contributed by atoms with Gasteiger partial charge in [0.15, 0.2) is 0 Å². The number of carbonyl (C=O) groups is 1. The molecule has 0 saturated heterocycles. The zero-order valence-electron chi connectivity index (χ0n) is 26.8. The van der Waals surface area contributed by atoms with Crippen LogP contribution < -0.4 is 9.47 Å². The molecule has 3 rings (SSSR count). The van der Waals surface area contributed by atoms with Gasteiger partial charge in [0.1, 0.15) is 17.6 Å². The molecule has 6 nitrogen and oxygen atoms in total. The van der Waals surface area contributed by atoms with E-state index >= 15 is 0 Å². The predicted molar refractivity (Wildman–Crippen MR) is 175 cm³/mol. The van der Waals surface area contributed by atoms with E-state index < -0.39 is 0 Å². The van der Waals surface area contributed by atoms with Gasteiger partial charge in [0.25, 0.3) is 0 Å². The van der Waals surface area contributed by atoms with Gasteiger partial charge in [-0.25, -0.2) is 4.79 Å². The molecule has 238 valence electrons. The minimum Gasteiger partial charge on any atom is -0.494 e. The standard InChI is InChI=1S/C37H55NO5/c1-3-5-7-9-11-12-14-16-28-41-34-25-21-32(22-26-34)37(39)42-29-17-18-35-30-36(38-43-35)31-19-23-33(24-20-31)40-27-15-13-10-8-6-4-2/h19-26,35H,3-18,27-30H2,1-2H3. The first-order valence-electron chi connectivity index (χ1n) is 17.1. The maximum absolute atomic E-state index is 12.5. The van der Waals surface area contributed by atoms with Crippen molar-refractivity contribution >= 4 is 11.7 Å². The maximum Gasteiger partial charge on any atom is 0.338 e. The van der Waals surface area contributed by atoms with E-state index in [4.69, 9.17) is 19.0 Å². The third-order valence-electron chi connectivity index (χ3n) is 7.95. The molecule has 0 aliphatic carbocycles. The fraction of sp³-hybridized carbons (Fsp3) is 0.622. The monoisotopic (exact) mass is 593 g/mol. The first-order valence-corrected chi connectivity index (χ1v) is 17.1. The lowest BCUT2D eigenvalue weighted by Crippen LogP contribution is -2.12. The second-order valence-electron chi connectivity index (χ2n) is 11.7. The molecule has 6 heteroatoms. The molecule has 1 aliphatic rings. The Morgan fingerprint density at radius 1 is 0.674 bits per heavy atom. The smallest absolute Gasteiger partial charge is 0.338 e. The first kappa shape index (κ1) is 34.5. The average Bonchev–Trinajstić information content (AvgIpc) is 3.51. The molecule has 2 aromatic carbocycles. The van der Waals surface area contributed by atoms with E-state index in [1.807, 2.05) is 24.3 Å². The number of oxime groups is 1. The SMILES string of the molecule is CCCCCCCCCCOc1ccc(C(=O)OCCCC2CC(c3ccc(OCCCCCCCC)cc3)=NO2)cc1. The summed E-state index contributed by atoms with van der Waals surface area (Å²) in [6.45, 7) is 6.33. The summed E-state index contributed by atoms with van der Waals surface area (Å²) < 4.78 is 17.2. The van der Waals surface area contributed by atoms with E-state index in [1.165, 1.54) is 77.0 Å². The van der Waals surface area contributed by atoms with Crippen molar-refractivity contribution in [3.05, 3.63) is 59.7 Å². The van der Waals surface area contributed by atoms with Crippen LogP contribution in [0, 0.1) is 0 Å². The molecule has 1 unspecified atom stereocenters. The normalized spacial score (nSPS) is 14.3. The van der Waals surface area contributed by atoms with Gasteiger partial charge in [-0.3, -0.25) is 0 Å². The molecule has 0 fully saturated rings. The molecular weight excluding hydrogens is 538 g/mol. The summed E-state index contributed by atoms with van der Waals surface area (Å²) in [5, 5.41) is 4.30. The lowest BCUT2D eigenvalue weighted by atomic mass is 10.0. The van der Waals surface area contributed by atoms with Crippen LogP contribution in [0.4, 0.5) is 0 Å². The summed E-state index contributed by atoms with van der Waals surface area (Å²) in [4.78, 5) is 18.1. The fourth-order valence-corrected chi connectivity index (χ4v) is 5.24. The topological polar surface area (TPSA) is 66.4 Å². The minimum absolute atomic E-state index is 0.00910. The second kappa shape index (κ2) is 21.6. The van der Waals surface area contributed by atoms with Crippen LogP contribution >= 0.6 is 0 Å². The number of benzene rings is 2. The molecule has 1 heterocycles. The van der Waals surface area contributed by atoms with Crippen LogP contribution in [0.15, 0.2) is 53.7 Å². The van der Waals surface area contributed by atoms with Crippen LogP contribution in [0.25, 0.3) is 0 Å². The van der Waals surface area contributed by atoms with Gasteiger partial charge < -0.3 is 19.0 Å². The number of esters is 1. The van der Waals surface area contributed by atoms with Gasteiger partial charge >= 0.3 is 5.97 Å². The van der Waals surface area contributed by atoms with E-state index in [1.54, 1.807) is 12.1 Å². The zero-order valence-corrected chi connectivity index (χ0v) is 26.8. The van der Waals surface area contributed by atoms with Crippen molar-refractivity contribution in [2.75, 3.05) is 19.8 Å². The van der Waals surface area contributed by atoms with E-state index in [0.717, 1.165) is 61.5 Å². The van der Waals surface area contributed by atoms with E-state index in [0.29, 0.717) is 18.8 Å². The molecular formula is C37H55NO5. The van der Waals surface area contributed by atoms with Crippen molar-refractivity contribution in [3.8, 4) is 11.5 Å². The molecule has 0 spiro atoms. The summed E-state index contributed by atoms with van der Waals surface area (Å²) in [5.74, 6) is 1.39. The van der Waals surface area contributed by atoms with Crippen molar-refractivity contribution in [3.63, 3.8) is 0 Å². The number of hydrogen-bond donors (Lipinski definition) is 0. The van der Waals surface area contributed by atoms with Crippen LogP contribution in [-0.4, -0.2) is 37.6 Å². The first-order chi connectivity index (χ1) is 21.2. The Morgan fingerprint density at radius 2 is 1.19 bits per heavy atom. The summed E-state index contributed by atoms with van der Waals surface area (Å²) in [5.41, 5.74) is 2.56. The fourth-order valence-electron chi connectivity index (χ4n) is 5.24. The molecule has 1 aliphatic heterocycles. The summed E-state index contributed by atoms with van der Waals surface area (Å²) >= 11 is 0. The highest BCUT2D eigenvalue weighted by molar-refractivity contribution is 6.01. The molecule has 0 aromatic heterocycles. The summed E-state index contributed by atoms with van der Waals surface area (Å²) in [6, 6.07) is 15.4. The summed E-state index contributed by atoms with van der Waals surface area (Å²) in [7, 11) is 0. The number of nitrogens with zero attached hydrogens (tertiary/aromatic N) is 1. The van der Waals surface area contributed by atoms with Gasteiger partial charge in [0.05, 0.1) is 31.1 Å². The molecule has 0 radical (unpaired) electrons. The van der Waals surface area contributed by atoms with E-state index in [-0.39, 0.29) is 12.1 Å². The van der Waals surface area contributed by atoms with Crippen molar-refractivity contribution in [2.45, 2.75) is 129 Å². The number of carbonyl (C=O) groups excluding carboxylic acids is 1. The van der Waals surface area contributed by atoms with Gasteiger partial charge in [0, 0.05) is 6.42 Å². The Kier molecular flexibility index (Phi) is 17.3. The Morgan fingerprint density at radius 3 is 1.74 bits per heavy atom. The molecule has 0 saturated carbocycles. The lowest BCUT2D eigenvalue weighted by molar-refractivity contribution is 0.0435. The zero-order chi connectivity index (χ0) is 30.4. The minimum atomic E-state index is -0.308. The van der Waals surface area contributed by atoms with Crippen LogP contribution in [0.5, 0.6) is 11.5 Å². The van der Waals surface area contributed by atoms with Crippen LogP contribution in [0.1, 0.15) is 139 Å². The highest BCUT2D eigenvalue weighted by Crippen LogP contribution is 2.22. The van der Waals surface area contributed by atoms with Crippen molar-refractivity contribution < 1.29 is 23.8 Å². The largest absolute Gasteiger partial charge is 0.494 e. The third kappa shape index (κ3) is 14.3. The molecule has 0 N–H and O–H groups in total. The Balaban J connectivity index is 1.22. The van der Waals surface area contributed by atoms with Crippen LogP contribution in [0.2, 0.25) is 0 Å². The number of unbranched alkanes of at least 4 members (excludes halogenated alkanes) is 12. The van der Waals surface area contributed by atoms with Gasteiger partial charge in [-0.2, -0.15) is 0 Å². The molecule has 0 bridgehead atoms. The third-order valence-corrected chi connectivity index (χ3v) is 7.95. The van der Waals surface area contributed by atoms with Gasteiger partial charge in [-0.05, 0) is 79.8 Å². The number of rotatable bonds is 24. The van der Waals surface area contributed by atoms with Crippen molar-refractivity contribution in [1.29, 1.82) is 0 Å². The van der Waals surface area contributed by atoms with Gasteiger partial charge in [-0.15, -0.1) is 0 Å². The number of ether oxygens (including phenoxy) is 3. The highest BCUT2D eigenvalue weighted by Gasteiger charge is 2.22. The predicted octanol–water partition coefficient (Wildman–Crippen LogP) is 10.1.